The SMILES string of the molecule is CC(C)(Oc1cccc(C(=O)c2ccc(F)cc2)c1)C(=O)O. The monoisotopic (exact) mass is 302 g/mol. The largest absolute Gasteiger partial charge is 0.478 e. The fourth-order valence-corrected chi connectivity index (χ4v) is 1.81. The summed E-state index contributed by atoms with van der Waals surface area (Å²) >= 11 is 0. The highest BCUT2D eigenvalue weighted by molar-refractivity contribution is 6.09. The van der Waals surface area contributed by atoms with Crippen LogP contribution in [0, 0.1) is 5.82 Å². The quantitative estimate of drug-likeness (QED) is 0.861. The molecule has 0 atom stereocenters. The molecule has 2 aromatic carbocycles. The van der Waals surface area contributed by atoms with Crippen LogP contribution < -0.4 is 4.74 Å². The van der Waals surface area contributed by atoms with E-state index in [-0.39, 0.29) is 11.5 Å². The highest BCUT2D eigenvalue weighted by atomic mass is 19.1. The van der Waals surface area contributed by atoms with E-state index < -0.39 is 17.4 Å². The lowest BCUT2D eigenvalue weighted by Gasteiger charge is -2.21. The number of carbonyl (C=O) groups excluding carboxylic acids is 1. The number of hydrogen-bond donors (Lipinski definition) is 1. The molecular weight excluding hydrogens is 287 g/mol. The highest BCUT2D eigenvalue weighted by Gasteiger charge is 2.29. The third kappa shape index (κ3) is 3.49. The van der Waals surface area contributed by atoms with Crippen LogP contribution in [0.2, 0.25) is 0 Å². The van der Waals surface area contributed by atoms with Gasteiger partial charge in [0.2, 0.25) is 0 Å². The van der Waals surface area contributed by atoms with Gasteiger partial charge in [0.15, 0.2) is 11.4 Å². The zero-order valence-electron chi connectivity index (χ0n) is 12.2. The first-order valence-corrected chi connectivity index (χ1v) is 6.62. The molecule has 0 unspecified atom stereocenters. The van der Waals surface area contributed by atoms with Crippen molar-refractivity contribution in [3.05, 3.63) is 65.5 Å². The second-order valence-corrected chi connectivity index (χ2v) is 5.28. The number of ether oxygens (including phenoxy) is 1. The second-order valence-electron chi connectivity index (χ2n) is 5.28. The van der Waals surface area contributed by atoms with Gasteiger partial charge in [-0.05, 0) is 50.2 Å². The molecule has 0 radical (unpaired) electrons. The van der Waals surface area contributed by atoms with E-state index in [2.05, 4.69) is 0 Å². The van der Waals surface area contributed by atoms with Gasteiger partial charge in [-0.15, -0.1) is 0 Å². The Morgan fingerprint density at radius 3 is 2.27 bits per heavy atom. The molecule has 0 heterocycles. The zero-order valence-corrected chi connectivity index (χ0v) is 12.2. The lowest BCUT2D eigenvalue weighted by molar-refractivity contribution is -0.152. The van der Waals surface area contributed by atoms with E-state index in [1.54, 1.807) is 18.2 Å². The van der Waals surface area contributed by atoms with Gasteiger partial charge in [-0.2, -0.15) is 0 Å². The number of carboxylic acid groups (broad SMARTS) is 1. The number of carbonyl (C=O) groups is 2. The Bertz CT molecular complexity index is 705. The molecule has 114 valence electrons. The Labute approximate surface area is 127 Å². The number of halogens is 1. The van der Waals surface area contributed by atoms with Crippen LogP contribution in [-0.2, 0) is 4.79 Å². The summed E-state index contributed by atoms with van der Waals surface area (Å²) in [6, 6.07) is 11.4. The van der Waals surface area contributed by atoms with E-state index in [0.29, 0.717) is 11.1 Å². The molecule has 0 aliphatic heterocycles. The molecule has 0 saturated carbocycles. The van der Waals surface area contributed by atoms with E-state index >= 15 is 0 Å². The van der Waals surface area contributed by atoms with E-state index in [0.717, 1.165) is 0 Å². The molecule has 1 N–H and O–H groups in total. The molecule has 0 amide bonds. The first kappa shape index (κ1) is 15.7. The maximum Gasteiger partial charge on any atom is 0.347 e. The Balaban J connectivity index is 2.26. The molecule has 0 aromatic heterocycles. The number of carboxylic acids is 1. The highest BCUT2D eigenvalue weighted by Crippen LogP contribution is 2.21. The van der Waals surface area contributed by atoms with Crippen molar-refractivity contribution in [2.24, 2.45) is 0 Å². The van der Waals surface area contributed by atoms with Gasteiger partial charge in [0.25, 0.3) is 0 Å². The fourth-order valence-electron chi connectivity index (χ4n) is 1.81. The van der Waals surface area contributed by atoms with Crippen molar-refractivity contribution in [3.63, 3.8) is 0 Å². The summed E-state index contributed by atoms with van der Waals surface area (Å²) in [5, 5.41) is 9.06. The Morgan fingerprint density at radius 2 is 1.68 bits per heavy atom. The minimum Gasteiger partial charge on any atom is -0.478 e. The number of rotatable bonds is 5. The maximum atomic E-state index is 12.9. The van der Waals surface area contributed by atoms with Crippen molar-refractivity contribution in [1.82, 2.24) is 0 Å². The first-order valence-electron chi connectivity index (χ1n) is 6.62. The lowest BCUT2D eigenvalue weighted by Crippen LogP contribution is -2.37. The molecule has 0 fully saturated rings. The maximum absolute atomic E-state index is 12.9. The van der Waals surface area contributed by atoms with Gasteiger partial charge in [-0.1, -0.05) is 12.1 Å². The van der Waals surface area contributed by atoms with E-state index in [1.165, 1.54) is 44.2 Å². The summed E-state index contributed by atoms with van der Waals surface area (Å²) in [6.45, 7) is 2.84. The van der Waals surface area contributed by atoms with Crippen LogP contribution >= 0.6 is 0 Å². The lowest BCUT2D eigenvalue weighted by atomic mass is 10.0. The minimum atomic E-state index is -1.41. The van der Waals surface area contributed by atoms with Crippen molar-refractivity contribution in [2.45, 2.75) is 19.4 Å². The first-order chi connectivity index (χ1) is 10.3. The van der Waals surface area contributed by atoms with E-state index in [9.17, 15) is 14.0 Å². The van der Waals surface area contributed by atoms with Gasteiger partial charge in [0, 0.05) is 11.1 Å². The van der Waals surface area contributed by atoms with E-state index in [4.69, 9.17) is 9.84 Å². The number of hydrogen-bond acceptors (Lipinski definition) is 3. The normalized spacial score (nSPS) is 11.0. The zero-order chi connectivity index (χ0) is 16.3. The van der Waals surface area contributed by atoms with Crippen LogP contribution in [0.3, 0.4) is 0 Å². The van der Waals surface area contributed by atoms with Crippen molar-refractivity contribution < 1.29 is 23.8 Å². The molecule has 0 saturated heterocycles. The van der Waals surface area contributed by atoms with Crippen molar-refractivity contribution in [3.8, 4) is 5.75 Å². The van der Waals surface area contributed by atoms with E-state index in [1.807, 2.05) is 0 Å². The van der Waals surface area contributed by atoms with Gasteiger partial charge in [0.1, 0.15) is 11.6 Å². The molecule has 5 heteroatoms. The average molecular weight is 302 g/mol. The summed E-state index contributed by atoms with van der Waals surface area (Å²) < 4.78 is 18.3. The molecule has 0 aliphatic rings. The van der Waals surface area contributed by atoms with Gasteiger partial charge in [-0.3, -0.25) is 4.79 Å². The summed E-state index contributed by atoms with van der Waals surface area (Å²) in [5.74, 6) is -1.54. The number of ketones is 1. The van der Waals surface area contributed by atoms with Crippen LogP contribution in [0.5, 0.6) is 5.75 Å². The number of benzene rings is 2. The molecule has 4 nitrogen and oxygen atoms in total. The minimum absolute atomic E-state index is 0.278. The summed E-state index contributed by atoms with van der Waals surface area (Å²) in [6.07, 6.45) is 0. The predicted molar refractivity (Wildman–Crippen MR) is 78.6 cm³/mol. The van der Waals surface area contributed by atoms with Crippen LogP contribution in [0.4, 0.5) is 4.39 Å². The topological polar surface area (TPSA) is 63.6 Å². The fraction of sp³-hybridized carbons (Fsp3) is 0.176. The van der Waals surface area contributed by atoms with Crippen LogP contribution in [0.1, 0.15) is 29.8 Å². The second kappa shape index (κ2) is 5.97. The van der Waals surface area contributed by atoms with Crippen molar-refractivity contribution >= 4 is 11.8 Å². The van der Waals surface area contributed by atoms with Gasteiger partial charge >= 0.3 is 5.97 Å². The smallest absolute Gasteiger partial charge is 0.347 e. The molecule has 0 aliphatic carbocycles. The molecule has 22 heavy (non-hydrogen) atoms. The van der Waals surface area contributed by atoms with Crippen molar-refractivity contribution in [2.75, 3.05) is 0 Å². The standard InChI is InChI=1S/C17H15FO4/c1-17(2,16(20)21)22-14-5-3-4-12(10-14)15(19)11-6-8-13(18)9-7-11/h3-10H,1-2H3,(H,20,21). The van der Waals surface area contributed by atoms with Gasteiger partial charge in [-0.25, -0.2) is 9.18 Å². The molecule has 0 bridgehead atoms. The average Bonchev–Trinajstić information content (AvgIpc) is 2.47. The summed E-state index contributed by atoms with van der Waals surface area (Å²) in [5.41, 5.74) is -0.723. The Kier molecular flexibility index (Phi) is 4.26. The molecule has 0 spiro atoms. The van der Waals surface area contributed by atoms with Gasteiger partial charge < -0.3 is 9.84 Å². The molecule has 2 aromatic rings. The summed E-state index contributed by atoms with van der Waals surface area (Å²) in [7, 11) is 0. The number of aliphatic carboxylic acids is 1. The summed E-state index contributed by atoms with van der Waals surface area (Å²) in [4.78, 5) is 23.4. The van der Waals surface area contributed by atoms with Gasteiger partial charge in [0.05, 0.1) is 0 Å². The third-order valence-electron chi connectivity index (χ3n) is 3.09. The van der Waals surface area contributed by atoms with Crippen LogP contribution in [0.25, 0.3) is 0 Å². The molecule has 2 rings (SSSR count). The van der Waals surface area contributed by atoms with Crippen LogP contribution in [-0.4, -0.2) is 22.5 Å². The Hall–Kier alpha value is -2.69. The van der Waals surface area contributed by atoms with Crippen LogP contribution in [0.15, 0.2) is 48.5 Å². The molecular formula is C17H15FO4. The Morgan fingerprint density at radius 1 is 1.05 bits per heavy atom. The predicted octanol–water partition coefficient (Wildman–Crippen LogP) is 3.30. The third-order valence-corrected chi connectivity index (χ3v) is 3.09. The van der Waals surface area contributed by atoms with Crippen molar-refractivity contribution in [1.29, 1.82) is 0 Å².